The first-order valence-electron chi connectivity index (χ1n) is 7.45. The Bertz CT molecular complexity index is 463. The van der Waals surface area contributed by atoms with Crippen molar-refractivity contribution in [1.82, 2.24) is 10.6 Å². The molecule has 0 spiro atoms. The van der Waals surface area contributed by atoms with Crippen molar-refractivity contribution in [2.75, 3.05) is 25.0 Å². The first-order valence-corrected chi connectivity index (χ1v) is 7.45. The fourth-order valence-corrected chi connectivity index (χ4v) is 2.13. The molecule has 4 nitrogen and oxygen atoms in total. The molecule has 21 heavy (non-hydrogen) atoms. The Balaban J connectivity index is 3.05. The molecule has 1 rings (SSSR count). The standard InChI is InChI=1S/C16H26FN3O/c1-5-9-20(11-16(21)18-4)15-8-6-7-14(17)13(15)10-19-12(2)3/h6-8,12,19H,5,9-11H2,1-4H3,(H,18,21). The first-order chi connectivity index (χ1) is 9.99. The summed E-state index contributed by atoms with van der Waals surface area (Å²) >= 11 is 0. The van der Waals surface area contributed by atoms with Gasteiger partial charge in [0.2, 0.25) is 5.91 Å². The van der Waals surface area contributed by atoms with Crippen LogP contribution in [0.25, 0.3) is 0 Å². The van der Waals surface area contributed by atoms with Crippen LogP contribution in [0.1, 0.15) is 32.8 Å². The molecule has 0 saturated carbocycles. The van der Waals surface area contributed by atoms with Crippen LogP contribution in [0.15, 0.2) is 18.2 Å². The zero-order valence-electron chi connectivity index (χ0n) is 13.4. The molecule has 1 aromatic rings. The summed E-state index contributed by atoms with van der Waals surface area (Å²) in [4.78, 5) is 13.6. The molecule has 0 radical (unpaired) electrons. The van der Waals surface area contributed by atoms with E-state index in [-0.39, 0.29) is 24.3 Å². The van der Waals surface area contributed by atoms with E-state index < -0.39 is 0 Å². The van der Waals surface area contributed by atoms with Crippen LogP contribution in [0.2, 0.25) is 0 Å². The van der Waals surface area contributed by atoms with Crippen molar-refractivity contribution in [3.05, 3.63) is 29.6 Å². The Morgan fingerprint density at radius 2 is 2.10 bits per heavy atom. The fraction of sp³-hybridized carbons (Fsp3) is 0.562. The van der Waals surface area contributed by atoms with Crippen LogP contribution in [0.3, 0.4) is 0 Å². The third kappa shape index (κ3) is 5.34. The minimum Gasteiger partial charge on any atom is -0.362 e. The van der Waals surface area contributed by atoms with Gasteiger partial charge in [-0.15, -0.1) is 0 Å². The molecule has 0 heterocycles. The highest BCUT2D eigenvalue weighted by Crippen LogP contribution is 2.23. The lowest BCUT2D eigenvalue weighted by Crippen LogP contribution is -2.37. The summed E-state index contributed by atoms with van der Waals surface area (Å²) in [6.45, 7) is 7.49. The number of halogens is 1. The molecule has 0 aliphatic rings. The highest BCUT2D eigenvalue weighted by atomic mass is 19.1. The Morgan fingerprint density at radius 3 is 2.67 bits per heavy atom. The van der Waals surface area contributed by atoms with Crippen molar-refractivity contribution < 1.29 is 9.18 Å². The van der Waals surface area contributed by atoms with Gasteiger partial charge in [0.25, 0.3) is 0 Å². The Labute approximate surface area is 126 Å². The maximum Gasteiger partial charge on any atom is 0.239 e. The van der Waals surface area contributed by atoms with Crippen LogP contribution >= 0.6 is 0 Å². The van der Waals surface area contributed by atoms with Gasteiger partial charge < -0.3 is 15.5 Å². The number of amides is 1. The first kappa shape index (κ1) is 17.4. The number of hydrogen-bond donors (Lipinski definition) is 2. The minimum atomic E-state index is -0.237. The van der Waals surface area contributed by atoms with Crippen molar-refractivity contribution in [1.29, 1.82) is 0 Å². The van der Waals surface area contributed by atoms with E-state index in [1.807, 2.05) is 31.7 Å². The number of likely N-dealkylation sites (N-methyl/N-ethyl adjacent to an activating group) is 1. The van der Waals surface area contributed by atoms with E-state index >= 15 is 0 Å². The number of benzene rings is 1. The largest absolute Gasteiger partial charge is 0.362 e. The summed E-state index contributed by atoms with van der Waals surface area (Å²) in [6, 6.07) is 5.30. The van der Waals surface area contributed by atoms with Gasteiger partial charge in [0.05, 0.1) is 6.54 Å². The number of carbonyl (C=O) groups is 1. The smallest absolute Gasteiger partial charge is 0.239 e. The van der Waals surface area contributed by atoms with Crippen molar-refractivity contribution in [2.24, 2.45) is 0 Å². The second-order valence-corrected chi connectivity index (χ2v) is 5.37. The summed E-state index contributed by atoms with van der Waals surface area (Å²) in [5.41, 5.74) is 1.40. The van der Waals surface area contributed by atoms with Gasteiger partial charge in [0.15, 0.2) is 0 Å². The molecule has 0 saturated heterocycles. The van der Waals surface area contributed by atoms with Crippen molar-refractivity contribution >= 4 is 11.6 Å². The monoisotopic (exact) mass is 295 g/mol. The highest BCUT2D eigenvalue weighted by molar-refractivity contribution is 5.81. The summed E-state index contributed by atoms with van der Waals surface area (Å²) in [6.07, 6.45) is 0.893. The number of nitrogens with one attached hydrogen (secondary N) is 2. The topological polar surface area (TPSA) is 44.4 Å². The highest BCUT2D eigenvalue weighted by Gasteiger charge is 2.16. The second kappa shape index (κ2) is 8.62. The second-order valence-electron chi connectivity index (χ2n) is 5.37. The van der Waals surface area contributed by atoms with Crippen molar-refractivity contribution in [3.63, 3.8) is 0 Å². The van der Waals surface area contributed by atoms with Crippen LogP contribution < -0.4 is 15.5 Å². The molecule has 0 bridgehead atoms. The summed E-state index contributed by atoms with van der Waals surface area (Å²) in [5, 5.41) is 5.86. The molecule has 5 heteroatoms. The van der Waals surface area contributed by atoms with Crippen LogP contribution in [-0.4, -0.2) is 32.1 Å². The number of rotatable bonds is 8. The fourth-order valence-electron chi connectivity index (χ4n) is 2.13. The van der Waals surface area contributed by atoms with E-state index in [0.717, 1.165) is 12.1 Å². The maximum atomic E-state index is 14.2. The minimum absolute atomic E-state index is 0.0736. The Kier molecular flexibility index (Phi) is 7.15. The van der Waals surface area contributed by atoms with Gasteiger partial charge in [-0.2, -0.15) is 0 Å². The zero-order chi connectivity index (χ0) is 15.8. The molecule has 118 valence electrons. The normalized spacial score (nSPS) is 10.8. The van der Waals surface area contributed by atoms with Gasteiger partial charge in [-0.05, 0) is 18.6 Å². The number of anilines is 1. The van der Waals surface area contributed by atoms with Crippen LogP contribution in [-0.2, 0) is 11.3 Å². The maximum absolute atomic E-state index is 14.2. The quantitative estimate of drug-likeness (QED) is 0.773. The van der Waals surface area contributed by atoms with Gasteiger partial charge in [0.1, 0.15) is 5.82 Å². The number of hydrogen-bond acceptors (Lipinski definition) is 3. The molecule has 2 N–H and O–H groups in total. The number of nitrogens with zero attached hydrogens (tertiary/aromatic N) is 1. The predicted octanol–water partition coefficient (Wildman–Crippen LogP) is 2.29. The van der Waals surface area contributed by atoms with Gasteiger partial charge in [-0.1, -0.05) is 26.8 Å². The summed E-state index contributed by atoms with van der Waals surface area (Å²) < 4.78 is 14.2. The van der Waals surface area contributed by atoms with Crippen LogP contribution in [0, 0.1) is 5.82 Å². The number of carbonyl (C=O) groups excluding carboxylic acids is 1. The lowest BCUT2D eigenvalue weighted by Gasteiger charge is -2.26. The van der Waals surface area contributed by atoms with E-state index in [1.54, 1.807) is 13.1 Å². The van der Waals surface area contributed by atoms with E-state index in [2.05, 4.69) is 10.6 Å². The Hall–Kier alpha value is -1.62. The molecule has 0 aliphatic heterocycles. The molecular weight excluding hydrogens is 269 g/mol. The van der Waals surface area contributed by atoms with Crippen LogP contribution in [0.4, 0.5) is 10.1 Å². The van der Waals surface area contributed by atoms with E-state index in [1.165, 1.54) is 6.07 Å². The van der Waals surface area contributed by atoms with E-state index in [9.17, 15) is 9.18 Å². The molecule has 1 aromatic carbocycles. The zero-order valence-corrected chi connectivity index (χ0v) is 13.4. The Morgan fingerprint density at radius 1 is 1.38 bits per heavy atom. The van der Waals surface area contributed by atoms with Crippen LogP contribution in [0.5, 0.6) is 0 Å². The SMILES string of the molecule is CCCN(CC(=O)NC)c1cccc(F)c1CNC(C)C. The molecule has 0 atom stereocenters. The molecule has 0 unspecified atom stereocenters. The molecule has 0 fully saturated rings. The van der Waals surface area contributed by atoms with E-state index in [0.29, 0.717) is 18.7 Å². The van der Waals surface area contributed by atoms with Crippen molar-refractivity contribution in [2.45, 2.75) is 39.8 Å². The summed E-state index contributed by atoms with van der Waals surface area (Å²) in [7, 11) is 1.61. The average Bonchev–Trinajstić information content (AvgIpc) is 2.45. The molecular formula is C16H26FN3O. The third-order valence-electron chi connectivity index (χ3n) is 3.23. The third-order valence-corrected chi connectivity index (χ3v) is 3.23. The summed E-state index contributed by atoms with van der Waals surface area (Å²) in [5.74, 6) is -0.311. The van der Waals surface area contributed by atoms with Gasteiger partial charge >= 0.3 is 0 Å². The van der Waals surface area contributed by atoms with Gasteiger partial charge in [-0.25, -0.2) is 4.39 Å². The average molecular weight is 295 g/mol. The van der Waals surface area contributed by atoms with Crippen molar-refractivity contribution in [3.8, 4) is 0 Å². The molecule has 0 aliphatic carbocycles. The van der Waals surface area contributed by atoms with Gasteiger partial charge in [0, 0.05) is 37.4 Å². The lowest BCUT2D eigenvalue weighted by molar-refractivity contribution is -0.119. The lowest BCUT2D eigenvalue weighted by atomic mass is 10.1. The van der Waals surface area contributed by atoms with Gasteiger partial charge in [-0.3, -0.25) is 4.79 Å². The molecule has 0 aromatic heterocycles. The molecule has 1 amide bonds. The van der Waals surface area contributed by atoms with E-state index in [4.69, 9.17) is 0 Å². The predicted molar refractivity (Wildman–Crippen MR) is 84.9 cm³/mol.